The van der Waals surface area contributed by atoms with Crippen LogP contribution in [0.2, 0.25) is 0 Å². The maximum absolute atomic E-state index is 13.2. The molecule has 0 spiro atoms. The Labute approximate surface area is 170 Å². The van der Waals surface area contributed by atoms with Crippen LogP contribution in [0.1, 0.15) is 57.6 Å². The van der Waals surface area contributed by atoms with Gasteiger partial charge in [-0.25, -0.2) is 8.42 Å². The van der Waals surface area contributed by atoms with Gasteiger partial charge in [0.05, 0.1) is 4.90 Å². The Hall–Kier alpha value is -1.40. The minimum absolute atomic E-state index is 0.0620. The van der Waals surface area contributed by atoms with Crippen LogP contribution in [0.25, 0.3) is 0 Å². The SMILES string of the molecule is Cc1ccc(S(=O)(=O)N2CCC(C(=O)N(C3CC3)[C@H](C)C(C)C)CC2)cc1C. The van der Waals surface area contributed by atoms with E-state index in [9.17, 15) is 13.2 Å². The standard InChI is InChI=1S/C22H34N2O3S/c1-15(2)18(5)24(20-7-8-20)22(25)19-10-12-23(13-11-19)28(26,27)21-9-6-16(3)17(4)14-21/h6,9,14-15,18-20H,7-8,10-13H2,1-5H3/t18-/m1/s1. The predicted octanol–water partition coefficient (Wildman–Crippen LogP) is 3.74. The van der Waals surface area contributed by atoms with Crippen LogP contribution >= 0.6 is 0 Å². The molecule has 1 amide bonds. The van der Waals surface area contributed by atoms with Crippen molar-refractivity contribution in [3.8, 4) is 0 Å². The third-order valence-electron chi connectivity index (χ3n) is 6.52. The van der Waals surface area contributed by atoms with Crippen LogP contribution in [-0.2, 0) is 14.8 Å². The molecule has 6 heteroatoms. The molecule has 0 N–H and O–H groups in total. The van der Waals surface area contributed by atoms with Gasteiger partial charge in [-0.05, 0) is 75.6 Å². The van der Waals surface area contributed by atoms with Crippen molar-refractivity contribution in [3.63, 3.8) is 0 Å². The molecule has 1 saturated heterocycles. The van der Waals surface area contributed by atoms with E-state index in [1.807, 2.05) is 19.9 Å². The van der Waals surface area contributed by atoms with E-state index in [1.165, 1.54) is 0 Å². The van der Waals surface area contributed by atoms with Crippen LogP contribution in [-0.4, -0.2) is 48.7 Å². The van der Waals surface area contributed by atoms with E-state index < -0.39 is 10.0 Å². The monoisotopic (exact) mass is 406 g/mol. The second kappa shape index (κ2) is 8.15. The Balaban J connectivity index is 1.68. The summed E-state index contributed by atoms with van der Waals surface area (Å²) >= 11 is 0. The number of sulfonamides is 1. The average molecular weight is 407 g/mol. The molecule has 0 unspecified atom stereocenters. The van der Waals surface area contributed by atoms with Crippen molar-refractivity contribution in [2.45, 2.75) is 77.3 Å². The van der Waals surface area contributed by atoms with E-state index in [0.717, 1.165) is 24.0 Å². The maximum atomic E-state index is 13.2. The summed E-state index contributed by atoms with van der Waals surface area (Å²) in [6, 6.07) is 5.92. The first-order chi connectivity index (χ1) is 13.1. The van der Waals surface area contributed by atoms with Crippen molar-refractivity contribution >= 4 is 15.9 Å². The summed E-state index contributed by atoms with van der Waals surface area (Å²) < 4.78 is 27.6. The fraction of sp³-hybridized carbons (Fsp3) is 0.682. The highest BCUT2D eigenvalue weighted by atomic mass is 32.2. The number of amides is 1. The zero-order valence-corrected chi connectivity index (χ0v) is 18.6. The summed E-state index contributed by atoms with van der Waals surface area (Å²) in [7, 11) is -3.50. The van der Waals surface area contributed by atoms with Crippen molar-refractivity contribution in [2.75, 3.05) is 13.1 Å². The lowest BCUT2D eigenvalue weighted by Gasteiger charge is -2.37. The van der Waals surface area contributed by atoms with Crippen molar-refractivity contribution < 1.29 is 13.2 Å². The first kappa shape index (κ1) is 21.3. The number of rotatable bonds is 6. The van der Waals surface area contributed by atoms with E-state index in [1.54, 1.807) is 16.4 Å². The highest BCUT2D eigenvalue weighted by Gasteiger charge is 2.41. The fourth-order valence-corrected chi connectivity index (χ4v) is 5.52. The summed E-state index contributed by atoms with van der Waals surface area (Å²) in [5.41, 5.74) is 2.07. The van der Waals surface area contributed by atoms with E-state index >= 15 is 0 Å². The molecule has 156 valence electrons. The lowest BCUT2D eigenvalue weighted by molar-refractivity contribution is -0.140. The van der Waals surface area contributed by atoms with Gasteiger partial charge < -0.3 is 4.90 Å². The molecule has 1 heterocycles. The number of piperidine rings is 1. The topological polar surface area (TPSA) is 57.7 Å². The Morgan fingerprint density at radius 3 is 2.14 bits per heavy atom. The Bertz CT molecular complexity index is 822. The summed E-state index contributed by atoms with van der Waals surface area (Å²) in [6.07, 6.45) is 3.42. The molecule has 28 heavy (non-hydrogen) atoms. The van der Waals surface area contributed by atoms with Crippen molar-refractivity contribution in [2.24, 2.45) is 11.8 Å². The van der Waals surface area contributed by atoms with Gasteiger partial charge in [0.15, 0.2) is 0 Å². The molecule has 0 bridgehead atoms. The summed E-state index contributed by atoms with van der Waals surface area (Å²) in [6.45, 7) is 11.2. The molecule has 1 aromatic rings. The molecule has 2 fully saturated rings. The molecular weight excluding hydrogens is 372 g/mol. The van der Waals surface area contributed by atoms with E-state index in [4.69, 9.17) is 0 Å². The summed E-state index contributed by atoms with van der Waals surface area (Å²) in [5.74, 6) is 0.592. The van der Waals surface area contributed by atoms with Gasteiger partial charge in [-0.2, -0.15) is 4.31 Å². The zero-order chi connectivity index (χ0) is 20.6. The van der Waals surface area contributed by atoms with E-state index in [2.05, 4.69) is 25.7 Å². The molecule has 1 saturated carbocycles. The maximum Gasteiger partial charge on any atom is 0.243 e. The number of benzene rings is 1. The largest absolute Gasteiger partial charge is 0.337 e. The number of hydrogen-bond acceptors (Lipinski definition) is 3. The Morgan fingerprint density at radius 1 is 1.04 bits per heavy atom. The highest BCUT2D eigenvalue weighted by Crippen LogP contribution is 2.34. The third kappa shape index (κ3) is 4.28. The Kier molecular flexibility index (Phi) is 6.20. The molecule has 5 nitrogen and oxygen atoms in total. The quantitative estimate of drug-likeness (QED) is 0.723. The molecular formula is C22H34N2O3S. The first-order valence-corrected chi connectivity index (χ1v) is 12.0. The van der Waals surface area contributed by atoms with Gasteiger partial charge in [-0.15, -0.1) is 0 Å². The molecule has 1 aliphatic heterocycles. The first-order valence-electron chi connectivity index (χ1n) is 10.5. The Morgan fingerprint density at radius 2 is 1.64 bits per heavy atom. The van der Waals surface area contributed by atoms with Gasteiger partial charge in [-0.3, -0.25) is 4.79 Å². The van der Waals surface area contributed by atoms with Crippen molar-refractivity contribution in [1.82, 2.24) is 9.21 Å². The molecule has 2 aliphatic rings. The van der Waals surface area contributed by atoms with Crippen LogP contribution in [0.3, 0.4) is 0 Å². The number of nitrogens with zero attached hydrogens (tertiary/aromatic N) is 2. The van der Waals surface area contributed by atoms with Crippen LogP contribution in [0.15, 0.2) is 23.1 Å². The minimum atomic E-state index is -3.50. The van der Waals surface area contributed by atoms with Gasteiger partial charge in [0.2, 0.25) is 15.9 Å². The lowest BCUT2D eigenvalue weighted by Crippen LogP contribution is -2.49. The molecule has 1 atom stereocenters. The third-order valence-corrected chi connectivity index (χ3v) is 8.41. The molecule has 3 rings (SSSR count). The normalized spacial score (nSPS) is 20.4. The number of hydrogen-bond donors (Lipinski definition) is 0. The highest BCUT2D eigenvalue weighted by molar-refractivity contribution is 7.89. The second-order valence-corrected chi connectivity index (χ2v) is 10.8. The van der Waals surface area contributed by atoms with Crippen LogP contribution in [0.5, 0.6) is 0 Å². The molecule has 0 radical (unpaired) electrons. The smallest absolute Gasteiger partial charge is 0.243 e. The molecule has 1 aromatic carbocycles. The van der Waals surface area contributed by atoms with Crippen LogP contribution in [0.4, 0.5) is 0 Å². The molecule has 0 aromatic heterocycles. The van der Waals surface area contributed by atoms with Crippen LogP contribution in [0, 0.1) is 25.7 Å². The van der Waals surface area contributed by atoms with E-state index in [-0.39, 0.29) is 17.9 Å². The van der Waals surface area contributed by atoms with E-state index in [0.29, 0.717) is 42.8 Å². The molecule has 1 aliphatic carbocycles. The fourth-order valence-electron chi connectivity index (χ4n) is 3.96. The number of carbonyl (C=O) groups excluding carboxylic acids is 1. The summed E-state index contributed by atoms with van der Waals surface area (Å²) in [5, 5.41) is 0. The average Bonchev–Trinajstić information content (AvgIpc) is 3.48. The van der Waals surface area contributed by atoms with Gasteiger partial charge >= 0.3 is 0 Å². The van der Waals surface area contributed by atoms with Crippen molar-refractivity contribution in [1.29, 1.82) is 0 Å². The zero-order valence-electron chi connectivity index (χ0n) is 17.8. The number of carbonyl (C=O) groups is 1. The van der Waals surface area contributed by atoms with Crippen molar-refractivity contribution in [3.05, 3.63) is 29.3 Å². The predicted molar refractivity (Wildman–Crippen MR) is 112 cm³/mol. The van der Waals surface area contributed by atoms with Gasteiger partial charge in [0.25, 0.3) is 0 Å². The number of aryl methyl sites for hydroxylation is 2. The summed E-state index contributed by atoms with van der Waals surface area (Å²) in [4.78, 5) is 15.6. The van der Waals surface area contributed by atoms with Gasteiger partial charge in [0, 0.05) is 31.1 Å². The van der Waals surface area contributed by atoms with Gasteiger partial charge in [0.1, 0.15) is 0 Å². The minimum Gasteiger partial charge on any atom is -0.337 e. The van der Waals surface area contributed by atoms with Gasteiger partial charge in [-0.1, -0.05) is 19.9 Å². The lowest BCUT2D eigenvalue weighted by atomic mass is 9.94. The second-order valence-electron chi connectivity index (χ2n) is 8.89. The van der Waals surface area contributed by atoms with Crippen LogP contribution < -0.4 is 0 Å².